The SMILES string of the molecule is CN(C)CCN(Cc1ccc(F)c(F)c1)C(=O)Cc1ccccc1F. The molecule has 0 radical (unpaired) electrons. The van der Waals surface area contributed by atoms with E-state index in [0.29, 0.717) is 24.2 Å². The fraction of sp³-hybridized carbons (Fsp3) is 0.316. The Morgan fingerprint density at radius 2 is 1.64 bits per heavy atom. The van der Waals surface area contributed by atoms with Crippen molar-refractivity contribution in [3.63, 3.8) is 0 Å². The minimum Gasteiger partial charge on any atom is -0.337 e. The number of nitrogens with zero attached hydrogens (tertiary/aromatic N) is 2. The van der Waals surface area contributed by atoms with Gasteiger partial charge in [-0.25, -0.2) is 13.2 Å². The first kappa shape index (κ1) is 19.0. The third-order valence-electron chi connectivity index (χ3n) is 3.83. The van der Waals surface area contributed by atoms with Gasteiger partial charge in [-0.2, -0.15) is 0 Å². The van der Waals surface area contributed by atoms with Gasteiger partial charge in [0.05, 0.1) is 6.42 Å². The molecule has 0 N–H and O–H groups in total. The minimum absolute atomic E-state index is 0.0796. The summed E-state index contributed by atoms with van der Waals surface area (Å²) in [6, 6.07) is 9.67. The molecule has 0 aliphatic heterocycles. The highest BCUT2D eigenvalue weighted by Gasteiger charge is 2.17. The van der Waals surface area contributed by atoms with E-state index in [-0.39, 0.29) is 18.9 Å². The van der Waals surface area contributed by atoms with E-state index >= 15 is 0 Å². The predicted octanol–water partition coefficient (Wildman–Crippen LogP) is 3.24. The Morgan fingerprint density at radius 1 is 0.920 bits per heavy atom. The number of halogens is 3. The van der Waals surface area contributed by atoms with Crippen LogP contribution in [0.3, 0.4) is 0 Å². The summed E-state index contributed by atoms with van der Waals surface area (Å²) in [4.78, 5) is 16.0. The lowest BCUT2D eigenvalue weighted by molar-refractivity contribution is -0.131. The van der Waals surface area contributed by atoms with Crippen LogP contribution in [0, 0.1) is 17.5 Å². The number of hydrogen-bond donors (Lipinski definition) is 0. The van der Waals surface area contributed by atoms with Crippen molar-refractivity contribution in [2.45, 2.75) is 13.0 Å². The number of carbonyl (C=O) groups is 1. The van der Waals surface area contributed by atoms with Gasteiger partial charge >= 0.3 is 0 Å². The second kappa shape index (κ2) is 8.67. The van der Waals surface area contributed by atoms with Crippen LogP contribution in [0.5, 0.6) is 0 Å². The second-order valence-corrected chi connectivity index (χ2v) is 6.14. The van der Waals surface area contributed by atoms with E-state index in [2.05, 4.69) is 0 Å². The van der Waals surface area contributed by atoms with Gasteiger partial charge in [-0.1, -0.05) is 24.3 Å². The van der Waals surface area contributed by atoms with E-state index in [1.807, 2.05) is 19.0 Å². The van der Waals surface area contributed by atoms with Crippen molar-refractivity contribution in [3.05, 3.63) is 71.0 Å². The van der Waals surface area contributed by atoms with Gasteiger partial charge in [0.15, 0.2) is 11.6 Å². The van der Waals surface area contributed by atoms with E-state index in [1.54, 1.807) is 18.2 Å². The molecule has 134 valence electrons. The molecule has 0 aliphatic carbocycles. The normalized spacial score (nSPS) is 11.0. The Morgan fingerprint density at radius 3 is 2.28 bits per heavy atom. The minimum atomic E-state index is -0.952. The van der Waals surface area contributed by atoms with Gasteiger partial charge in [-0.05, 0) is 43.4 Å². The molecule has 0 spiro atoms. The van der Waals surface area contributed by atoms with Crippen molar-refractivity contribution in [2.75, 3.05) is 27.2 Å². The molecule has 6 heteroatoms. The Labute approximate surface area is 145 Å². The molecule has 0 unspecified atom stereocenters. The van der Waals surface area contributed by atoms with Crippen LogP contribution in [-0.2, 0) is 17.8 Å². The van der Waals surface area contributed by atoms with Crippen molar-refractivity contribution in [3.8, 4) is 0 Å². The van der Waals surface area contributed by atoms with Crippen LogP contribution in [0.25, 0.3) is 0 Å². The monoisotopic (exact) mass is 350 g/mol. The van der Waals surface area contributed by atoms with Crippen molar-refractivity contribution < 1.29 is 18.0 Å². The zero-order chi connectivity index (χ0) is 18.4. The third kappa shape index (κ3) is 5.60. The molecule has 1 amide bonds. The zero-order valence-electron chi connectivity index (χ0n) is 14.3. The van der Waals surface area contributed by atoms with Crippen molar-refractivity contribution in [1.82, 2.24) is 9.80 Å². The summed E-state index contributed by atoms with van der Waals surface area (Å²) in [5, 5.41) is 0. The van der Waals surface area contributed by atoms with E-state index in [4.69, 9.17) is 0 Å². The molecular weight excluding hydrogens is 329 g/mol. The average Bonchev–Trinajstić information content (AvgIpc) is 2.56. The third-order valence-corrected chi connectivity index (χ3v) is 3.83. The Bertz CT molecular complexity index is 734. The van der Waals surface area contributed by atoms with Crippen LogP contribution in [0.15, 0.2) is 42.5 Å². The summed E-state index contributed by atoms with van der Waals surface area (Å²) in [5.74, 6) is -2.58. The van der Waals surface area contributed by atoms with E-state index < -0.39 is 17.5 Å². The summed E-state index contributed by atoms with van der Waals surface area (Å²) < 4.78 is 40.3. The zero-order valence-corrected chi connectivity index (χ0v) is 14.3. The van der Waals surface area contributed by atoms with Gasteiger partial charge in [-0.15, -0.1) is 0 Å². The fourth-order valence-corrected chi connectivity index (χ4v) is 2.39. The summed E-state index contributed by atoms with van der Waals surface area (Å²) in [5.41, 5.74) is 0.798. The molecule has 3 nitrogen and oxygen atoms in total. The van der Waals surface area contributed by atoms with E-state index in [0.717, 1.165) is 12.1 Å². The Kier molecular flexibility index (Phi) is 6.58. The van der Waals surface area contributed by atoms with E-state index in [1.165, 1.54) is 17.0 Å². The highest BCUT2D eigenvalue weighted by Crippen LogP contribution is 2.14. The molecule has 0 aliphatic rings. The molecule has 0 saturated heterocycles. The number of rotatable bonds is 7. The van der Waals surface area contributed by atoms with Crippen LogP contribution in [0.2, 0.25) is 0 Å². The number of hydrogen-bond acceptors (Lipinski definition) is 2. The number of benzene rings is 2. The largest absolute Gasteiger partial charge is 0.337 e. The molecule has 0 atom stereocenters. The van der Waals surface area contributed by atoms with Gasteiger partial charge in [-0.3, -0.25) is 4.79 Å². The Balaban J connectivity index is 2.14. The lowest BCUT2D eigenvalue weighted by Crippen LogP contribution is -2.37. The molecule has 2 rings (SSSR count). The lowest BCUT2D eigenvalue weighted by Gasteiger charge is -2.25. The van der Waals surface area contributed by atoms with Crippen LogP contribution >= 0.6 is 0 Å². The number of amides is 1. The molecule has 0 fully saturated rings. The van der Waals surface area contributed by atoms with E-state index in [9.17, 15) is 18.0 Å². The van der Waals surface area contributed by atoms with Crippen LogP contribution < -0.4 is 0 Å². The van der Waals surface area contributed by atoms with Gasteiger partial charge in [0.1, 0.15) is 5.82 Å². The van der Waals surface area contributed by atoms with Gasteiger partial charge in [0.25, 0.3) is 0 Å². The van der Waals surface area contributed by atoms with Crippen LogP contribution in [0.4, 0.5) is 13.2 Å². The predicted molar refractivity (Wildman–Crippen MR) is 90.4 cm³/mol. The van der Waals surface area contributed by atoms with Gasteiger partial charge in [0.2, 0.25) is 5.91 Å². The maximum absolute atomic E-state index is 13.8. The standard InChI is InChI=1S/C19H21F3N2O/c1-23(2)9-10-24(13-14-7-8-17(21)18(22)11-14)19(25)12-15-5-3-4-6-16(15)20/h3-8,11H,9-10,12-13H2,1-2H3. The maximum atomic E-state index is 13.8. The summed E-state index contributed by atoms with van der Waals surface area (Å²) >= 11 is 0. The first-order valence-corrected chi connectivity index (χ1v) is 7.96. The molecule has 0 heterocycles. The quantitative estimate of drug-likeness (QED) is 0.765. The average molecular weight is 350 g/mol. The first-order chi connectivity index (χ1) is 11.9. The molecular formula is C19H21F3N2O. The smallest absolute Gasteiger partial charge is 0.227 e. The molecule has 25 heavy (non-hydrogen) atoms. The fourth-order valence-electron chi connectivity index (χ4n) is 2.39. The Hall–Kier alpha value is -2.34. The maximum Gasteiger partial charge on any atom is 0.227 e. The van der Waals surface area contributed by atoms with Gasteiger partial charge < -0.3 is 9.80 Å². The molecule has 0 bridgehead atoms. The summed E-state index contributed by atoms with van der Waals surface area (Å²) in [6.07, 6.45) is -0.0796. The summed E-state index contributed by atoms with van der Waals surface area (Å²) in [6.45, 7) is 1.14. The first-order valence-electron chi connectivity index (χ1n) is 7.96. The highest BCUT2D eigenvalue weighted by molar-refractivity contribution is 5.78. The lowest BCUT2D eigenvalue weighted by atomic mass is 10.1. The molecule has 2 aromatic rings. The second-order valence-electron chi connectivity index (χ2n) is 6.14. The summed E-state index contributed by atoms with van der Waals surface area (Å²) in [7, 11) is 3.74. The van der Waals surface area contributed by atoms with Crippen molar-refractivity contribution >= 4 is 5.91 Å². The molecule has 2 aromatic carbocycles. The number of likely N-dealkylation sites (N-methyl/N-ethyl adjacent to an activating group) is 1. The molecule has 0 aromatic heterocycles. The van der Waals surface area contributed by atoms with Gasteiger partial charge in [0, 0.05) is 19.6 Å². The van der Waals surface area contributed by atoms with Crippen LogP contribution in [0.1, 0.15) is 11.1 Å². The van der Waals surface area contributed by atoms with Crippen molar-refractivity contribution in [2.24, 2.45) is 0 Å². The topological polar surface area (TPSA) is 23.6 Å². The highest BCUT2D eigenvalue weighted by atomic mass is 19.2. The van der Waals surface area contributed by atoms with Crippen molar-refractivity contribution in [1.29, 1.82) is 0 Å². The molecule has 0 saturated carbocycles. The number of carbonyl (C=O) groups excluding carboxylic acids is 1. The van der Waals surface area contributed by atoms with Crippen LogP contribution in [-0.4, -0.2) is 42.9 Å².